The average molecular weight is 244 g/mol. The lowest BCUT2D eigenvalue weighted by Crippen LogP contribution is -2.04. The van der Waals surface area contributed by atoms with Gasteiger partial charge in [-0.05, 0) is 18.8 Å². The molecular weight excluding hydrogens is 230 g/mol. The molecule has 1 saturated carbocycles. The molecular formula is C11H14ClNO3. The molecule has 0 amide bonds. The minimum absolute atomic E-state index is 0.0862. The smallest absolute Gasteiger partial charge is 0.375 e. The summed E-state index contributed by atoms with van der Waals surface area (Å²) in [5, 5.41) is 12.8. The number of rotatable bonds is 2. The molecule has 0 bridgehead atoms. The third kappa shape index (κ3) is 2.21. The lowest BCUT2D eigenvalue weighted by molar-refractivity contribution is 0.0649. The van der Waals surface area contributed by atoms with Crippen LogP contribution in [0, 0.1) is 0 Å². The Bertz CT molecular complexity index is 381. The first-order valence-electron chi connectivity index (χ1n) is 5.58. The van der Waals surface area contributed by atoms with Crippen LogP contribution in [0.4, 0.5) is 0 Å². The van der Waals surface area contributed by atoms with Crippen molar-refractivity contribution < 1.29 is 14.4 Å². The predicted octanol–water partition coefficient (Wildman–Crippen LogP) is 3.46. The van der Waals surface area contributed by atoms with Crippen molar-refractivity contribution in [1.29, 1.82) is 0 Å². The molecule has 2 rings (SSSR count). The Labute approximate surface area is 98.6 Å². The highest BCUT2D eigenvalue weighted by Gasteiger charge is 2.28. The van der Waals surface area contributed by atoms with Crippen LogP contribution >= 0.6 is 11.6 Å². The Morgan fingerprint density at radius 3 is 2.50 bits per heavy atom. The summed E-state index contributed by atoms with van der Waals surface area (Å²) < 4.78 is 4.77. The van der Waals surface area contributed by atoms with Crippen LogP contribution in [0.25, 0.3) is 0 Å². The number of carboxylic acids is 1. The second-order valence-corrected chi connectivity index (χ2v) is 4.57. The fourth-order valence-electron chi connectivity index (χ4n) is 2.35. The highest BCUT2D eigenvalue weighted by atomic mass is 35.5. The normalized spacial score (nSPS) is 18.3. The monoisotopic (exact) mass is 243 g/mol. The maximum Gasteiger partial charge on any atom is 0.375 e. The summed E-state index contributed by atoms with van der Waals surface area (Å²) >= 11 is 5.91. The van der Waals surface area contributed by atoms with Crippen LogP contribution in [-0.2, 0) is 0 Å². The molecule has 0 unspecified atom stereocenters. The summed E-state index contributed by atoms with van der Waals surface area (Å²) in [6.45, 7) is 0. The second-order valence-electron chi connectivity index (χ2n) is 4.21. The summed E-state index contributed by atoms with van der Waals surface area (Å²) in [5.74, 6) is -0.983. The predicted molar refractivity (Wildman–Crippen MR) is 58.9 cm³/mol. The van der Waals surface area contributed by atoms with Crippen LogP contribution in [0.5, 0.6) is 0 Å². The van der Waals surface area contributed by atoms with Crippen molar-refractivity contribution in [3.8, 4) is 0 Å². The minimum Gasteiger partial charge on any atom is -0.475 e. The van der Waals surface area contributed by atoms with Gasteiger partial charge in [0, 0.05) is 5.56 Å². The Hall–Kier alpha value is -1.03. The molecule has 1 aromatic rings. The van der Waals surface area contributed by atoms with Crippen molar-refractivity contribution in [2.75, 3.05) is 0 Å². The van der Waals surface area contributed by atoms with E-state index in [4.69, 9.17) is 21.2 Å². The number of hydrogen-bond donors (Lipinski definition) is 1. The summed E-state index contributed by atoms with van der Waals surface area (Å²) in [7, 11) is 0. The van der Waals surface area contributed by atoms with E-state index in [1.807, 2.05) is 0 Å². The van der Waals surface area contributed by atoms with Gasteiger partial charge in [-0.2, -0.15) is 0 Å². The SMILES string of the molecule is O=C(O)c1onc(Cl)c1C1CCCCCC1. The second kappa shape index (κ2) is 4.87. The highest BCUT2D eigenvalue weighted by Crippen LogP contribution is 2.37. The number of nitrogens with zero attached hydrogens (tertiary/aromatic N) is 1. The van der Waals surface area contributed by atoms with Gasteiger partial charge >= 0.3 is 5.97 Å². The first-order chi connectivity index (χ1) is 7.70. The van der Waals surface area contributed by atoms with Gasteiger partial charge in [-0.25, -0.2) is 4.79 Å². The molecule has 0 saturated heterocycles. The van der Waals surface area contributed by atoms with E-state index < -0.39 is 5.97 Å². The maximum absolute atomic E-state index is 11.0. The summed E-state index contributed by atoms with van der Waals surface area (Å²) in [4.78, 5) is 11.0. The molecule has 1 aliphatic rings. The van der Waals surface area contributed by atoms with Crippen LogP contribution in [0.3, 0.4) is 0 Å². The molecule has 1 aliphatic carbocycles. The molecule has 0 atom stereocenters. The lowest BCUT2D eigenvalue weighted by Gasteiger charge is -2.12. The average Bonchev–Trinajstić information content (AvgIpc) is 2.50. The van der Waals surface area contributed by atoms with E-state index in [-0.39, 0.29) is 16.8 Å². The quantitative estimate of drug-likeness (QED) is 0.808. The topological polar surface area (TPSA) is 63.3 Å². The van der Waals surface area contributed by atoms with E-state index in [0.29, 0.717) is 5.56 Å². The fourth-order valence-corrected chi connectivity index (χ4v) is 2.63. The maximum atomic E-state index is 11.0. The molecule has 0 aliphatic heterocycles. The van der Waals surface area contributed by atoms with Crippen molar-refractivity contribution in [2.24, 2.45) is 0 Å². The number of carboxylic acid groups (broad SMARTS) is 1. The molecule has 1 heterocycles. The largest absolute Gasteiger partial charge is 0.475 e. The zero-order valence-corrected chi connectivity index (χ0v) is 9.66. The van der Waals surface area contributed by atoms with Gasteiger partial charge in [0.25, 0.3) is 0 Å². The van der Waals surface area contributed by atoms with Gasteiger partial charge in [-0.1, -0.05) is 42.4 Å². The van der Waals surface area contributed by atoms with Gasteiger partial charge in [-0.3, -0.25) is 0 Å². The van der Waals surface area contributed by atoms with Crippen molar-refractivity contribution >= 4 is 17.6 Å². The molecule has 0 aromatic carbocycles. The summed E-state index contributed by atoms with van der Waals surface area (Å²) in [5.41, 5.74) is 0.594. The molecule has 1 N–H and O–H groups in total. The molecule has 4 nitrogen and oxygen atoms in total. The fraction of sp³-hybridized carbons (Fsp3) is 0.636. The molecule has 16 heavy (non-hydrogen) atoms. The standard InChI is InChI=1S/C11H14ClNO3/c12-10-8(9(11(14)15)16-13-10)7-5-3-1-2-4-6-7/h7H,1-6H2,(H,14,15). The van der Waals surface area contributed by atoms with Crippen molar-refractivity contribution in [3.63, 3.8) is 0 Å². The number of hydrogen-bond acceptors (Lipinski definition) is 3. The van der Waals surface area contributed by atoms with Crippen molar-refractivity contribution in [2.45, 2.75) is 44.4 Å². The third-order valence-corrected chi connectivity index (χ3v) is 3.41. The van der Waals surface area contributed by atoms with Gasteiger partial charge in [0.2, 0.25) is 5.76 Å². The zero-order chi connectivity index (χ0) is 11.5. The molecule has 1 fully saturated rings. The van der Waals surface area contributed by atoms with Crippen LogP contribution < -0.4 is 0 Å². The first-order valence-corrected chi connectivity index (χ1v) is 5.96. The Balaban J connectivity index is 2.29. The summed E-state index contributed by atoms with van der Waals surface area (Å²) in [6, 6.07) is 0. The third-order valence-electron chi connectivity index (χ3n) is 3.14. The number of halogens is 1. The summed E-state index contributed by atoms with van der Waals surface area (Å²) in [6.07, 6.45) is 6.60. The number of aromatic carboxylic acids is 1. The molecule has 5 heteroatoms. The number of aromatic nitrogens is 1. The van der Waals surface area contributed by atoms with E-state index >= 15 is 0 Å². The Kier molecular flexibility index (Phi) is 3.49. The van der Waals surface area contributed by atoms with Gasteiger partial charge in [-0.15, -0.1) is 0 Å². The van der Waals surface area contributed by atoms with Gasteiger partial charge in [0.05, 0.1) is 0 Å². The van der Waals surface area contributed by atoms with Crippen LogP contribution in [0.1, 0.15) is 60.6 Å². The number of carbonyl (C=O) groups is 1. The molecule has 0 radical (unpaired) electrons. The van der Waals surface area contributed by atoms with E-state index in [9.17, 15) is 4.79 Å². The van der Waals surface area contributed by atoms with E-state index in [1.165, 1.54) is 12.8 Å². The minimum atomic E-state index is -1.08. The van der Waals surface area contributed by atoms with Gasteiger partial charge in [0.15, 0.2) is 5.15 Å². The lowest BCUT2D eigenvalue weighted by atomic mass is 9.92. The van der Waals surface area contributed by atoms with Crippen LogP contribution in [0.2, 0.25) is 5.15 Å². The molecule has 88 valence electrons. The highest BCUT2D eigenvalue weighted by molar-refractivity contribution is 6.30. The van der Waals surface area contributed by atoms with E-state index in [1.54, 1.807) is 0 Å². The molecule has 0 spiro atoms. The molecule has 1 aromatic heterocycles. The van der Waals surface area contributed by atoms with Crippen LogP contribution in [-0.4, -0.2) is 16.2 Å². The Morgan fingerprint density at radius 2 is 1.94 bits per heavy atom. The van der Waals surface area contributed by atoms with Gasteiger partial charge < -0.3 is 9.63 Å². The zero-order valence-electron chi connectivity index (χ0n) is 8.91. The Morgan fingerprint density at radius 1 is 1.31 bits per heavy atom. The van der Waals surface area contributed by atoms with E-state index in [0.717, 1.165) is 25.7 Å². The van der Waals surface area contributed by atoms with E-state index in [2.05, 4.69) is 5.16 Å². The van der Waals surface area contributed by atoms with Gasteiger partial charge in [0.1, 0.15) is 0 Å². The first kappa shape index (κ1) is 11.5. The van der Waals surface area contributed by atoms with Crippen LogP contribution in [0.15, 0.2) is 4.52 Å². The van der Waals surface area contributed by atoms with Crippen molar-refractivity contribution in [3.05, 3.63) is 16.5 Å². The van der Waals surface area contributed by atoms with Crippen molar-refractivity contribution in [1.82, 2.24) is 5.16 Å².